The van der Waals surface area contributed by atoms with Crippen LogP contribution < -0.4 is 0 Å². The van der Waals surface area contributed by atoms with Crippen molar-refractivity contribution in [2.45, 2.75) is 83.3 Å². The summed E-state index contributed by atoms with van der Waals surface area (Å²) in [4.78, 5) is 20.3. The highest BCUT2D eigenvalue weighted by Gasteiger charge is 2.49. The number of nitrogens with zero attached hydrogens (tertiary/aromatic N) is 3. The Balaban J connectivity index is 1.43. The molecular weight excluding hydrogens is 466 g/mol. The lowest BCUT2D eigenvalue weighted by Gasteiger charge is -2.39. The van der Waals surface area contributed by atoms with Crippen LogP contribution in [0.3, 0.4) is 0 Å². The third-order valence-electron chi connectivity index (χ3n) is 8.33. The molecule has 3 heterocycles. The smallest absolute Gasteiger partial charge is 0.410 e. The second kappa shape index (κ2) is 9.34. The molecule has 2 aromatic heterocycles. The number of imidazole rings is 1. The monoisotopic (exact) mass is 505 g/mol. The van der Waals surface area contributed by atoms with Gasteiger partial charge in [0, 0.05) is 18.3 Å². The van der Waals surface area contributed by atoms with Crippen LogP contribution in [0.15, 0.2) is 54.9 Å². The Bertz CT molecular complexity index is 1230. The van der Waals surface area contributed by atoms with Gasteiger partial charge in [0.2, 0.25) is 0 Å². The molecule has 0 radical (unpaired) electrons. The lowest BCUT2D eigenvalue weighted by Crippen LogP contribution is -2.45. The van der Waals surface area contributed by atoms with Crippen molar-refractivity contribution in [2.24, 2.45) is 5.92 Å². The van der Waals surface area contributed by atoms with Crippen molar-refractivity contribution < 1.29 is 14.0 Å². The zero-order valence-electron chi connectivity index (χ0n) is 22.4. The summed E-state index contributed by atoms with van der Waals surface area (Å²) in [5.74, 6) is 0.772. The first-order valence-corrected chi connectivity index (χ1v) is 16.1. The fourth-order valence-electron chi connectivity index (χ4n) is 4.91. The molecule has 1 saturated carbocycles. The van der Waals surface area contributed by atoms with Crippen LogP contribution in [0.25, 0.3) is 5.65 Å². The van der Waals surface area contributed by atoms with E-state index in [1.54, 1.807) is 0 Å². The number of aromatic nitrogens is 2. The van der Waals surface area contributed by atoms with Gasteiger partial charge in [-0.3, -0.25) is 4.90 Å². The maximum atomic E-state index is 13.4. The van der Waals surface area contributed by atoms with Crippen molar-refractivity contribution in [2.75, 3.05) is 6.54 Å². The Labute approximate surface area is 215 Å². The van der Waals surface area contributed by atoms with Gasteiger partial charge in [-0.1, -0.05) is 64.1 Å². The van der Waals surface area contributed by atoms with Gasteiger partial charge in [0.15, 0.2) is 8.32 Å². The molecule has 36 heavy (non-hydrogen) atoms. The van der Waals surface area contributed by atoms with Crippen LogP contribution in [0, 0.1) is 5.92 Å². The lowest BCUT2D eigenvalue weighted by atomic mass is 9.98. The molecule has 0 unspecified atom stereocenters. The van der Waals surface area contributed by atoms with E-state index in [1.165, 1.54) is 18.4 Å². The van der Waals surface area contributed by atoms with E-state index in [1.807, 2.05) is 35.2 Å². The van der Waals surface area contributed by atoms with Crippen molar-refractivity contribution in [3.8, 4) is 0 Å². The number of carbonyl (C=O) groups is 1. The minimum Gasteiger partial charge on any atom is -0.445 e. The van der Waals surface area contributed by atoms with Gasteiger partial charge in [-0.2, -0.15) is 0 Å². The third-order valence-corrected chi connectivity index (χ3v) is 12.8. The maximum Gasteiger partial charge on any atom is 0.410 e. The number of amides is 1. The minimum absolute atomic E-state index is 0.0630. The van der Waals surface area contributed by atoms with Crippen LogP contribution >= 0.6 is 0 Å². The van der Waals surface area contributed by atoms with Crippen LogP contribution in [-0.2, 0) is 15.8 Å². The van der Waals surface area contributed by atoms with Crippen molar-refractivity contribution >= 4 is 20.1 Å². The van der Waals surface area contributed by atoms with Gasteiger partial charge in [0.1, 0.15) is 12.3 Å². The number of hydrogen-bond acceptors (Lipinski definition) is 4. The van der Waals surface area contributed by atoms with Crippen molar-refractivity contribution in [1.29, 1.82) is 0 Å². The van der Waals surface area contributed by atoms with Gasteiger partial charge >= 0.3 is 6.09 Å². The fourth-order valence-corrected chi connectivity index (χ4v) is 6.31. The van der Waals surface area contributed by atoms with Gasteiger partial charge in [-0.05, 0) is 54.1 Å². The van der Waals surface area contributed by atoms with Gasteiger partial charge in [-0.15, -0.1) is 0 Å². The third kappa shape index (κ3) is 4.96. The molecule has 1 aromatic carbocycles. The Morgan fingerprint density at radius 1 is 1.08 bits per heavy atom. The average Bonchev–Trinajstić information content (AvgIpc) is 3.52. The van der Waals surface area contributed by atoms with E-state index < -0.39 is 8.32 Å². The van der Waals surface area contributed by atoms with E-state index >= 15 is 0 Å². The topological polar surface area (TPSA) is 56.1 Å². The van der Waals surface area contributed by atoms with Crippen molar-refractivity contribution in [1.82, 2.24) is 14.3 Å². The molecule has 0 bridgehead atoms. The normalized spacial score (nSPS) is 22.8. The highest BCUT2D eigenvalue weighted by Crippen LogP contribution is 2.44. The van der Waals surface area contributed by atoms with Gasteiger partial charge in [-0.25, -0.2) is 9.78 Å². The van der Waals surface area contributed by atoms with Gasteiger partial charge in [0.25, 0.3) is 0 Å². The Hall–Kier alpha value is -2.64. The SMILES string of the molecule is C[C@@H]1[C@H](O[Si](C)(C)C(C)(C)C)CN(C(=O)OCc2ccccc2)[C@H]1c1cn2cc(C3CC3)ccc2n1. The van der Waals surface area contributed by atoms with E-state index in [0.29, 0.717) is 12.5 Å². The fraction of sp³-hybridized carbons (Fsp3) is 0.517. The standard InChI is InChI=1S/C29H39N3O3Si/c1-20-25(35-36(5,6)29(2,3)4)18-32(28(33)34-19-21-10-8-7-9-11-21)27(20)24-17-31-16-23(22-12-13-22)14-15-26(31)30-24/h7-11,14-17,20,22,25,27H,12-13,18-19H2,1-6H3/t20-,25-,27-/m1/s1. The number of carbonyl (C=O) groups excluding carboxylic acids is 1. The highest BCUT2D eigenvalue weighted by atomic mass is 28.4. The highest BCUT2D eigenvalue weighted by molar-refractivity contribution is 6.74. The van der Waals surface area contributed by atoms with E-state index in [2.05, 4.69) is 69.7 Å². The van der Waals surface area contributed by atoms with Crippen molar-refractivity contribution in [3.05, 3.63) is 71.7 Å². The second-order valence-corrected chi connectivity index (χ2v) is 16.8. The first kappa shape index (κ1) is 25.0. The molecule has 192 valence electrons. The summed E-state index contributed by atoms with van der Waals surface area (Å²) in [5, 5.41) is 0.0890. The largest absolute Gasteiger partial charge is 0.445 e. The van der Waals surface area contributed by atoms with Crippen molar-refractivity contribution in [3.63, 3.8) is 0 Å². The molecular formula is C29H39N3O3Si. The molecule has 1 aliphatic carbocycles. The van der Waals surface area contributed by atoms with Crippen LogP contribution in [0.1, 0.15) is 69.3 Å². The predicted molar refractivity (Wildman–Crippen MR) is 144 cm³/mol. The number of ether oxygens (including phenoxy) is 1. The molecule has 2 aliphatic rings. The summed E-state index contributed by atoms with van der Waals surface area (Å²) in [5.41, 5.74) is 4.15. The summed E-state index contributed by atoms with van der Waals surface area (Å²) in [7, 11) is -2.03. The summed E-state index contributed by atoms with van der Waals surface area (Å²) < 4.78 is 14.8. The maximum absolute atomic E-state index is 13.4. The predicted octanol–water partition coefficient (Wildman–Crippen LogP) is 6.93. The van der Waals surface area contributed by atoms with E-state index in [9.17, 15) is 4.79 Å². The number of fused-ring (bicyclic) bond motifs is 1. The van der Waals surface area contributed by atoms with Crippen LogP contribution in [0.2, 0.25) is 18.1 Å². The zero-order valence-corrected chi connectivity index (χ0v) is 23.4. The van der Waals surface area contributed by atoms with E-state index in [4.69, 9.17) is 14.1 Å². The minimum atomic E-state index is -2.03. The molecule has 2 fully saturated rings. The molecule has 1 aliphatic heterocycles. The number of rotatable bonds is 6. The van der Waals surface area contributed by atoms with Crippen LogP contribution in [-0.4, -0.2) is 41.3 Å². The summed E-state index contributed by atoms with van der Waals surface area (Å²) in [6.45, 7) is 14.2. The Morgan fingerprint density at radius 2 is 1.81 bits per heavy atom. The molecule has 7 heteroatoms. The number of hydrogen-bond donors (Lipinski definition) is 0. The summed E-state index contributed by atoms with van der Waals surface area (Å²) >= 11 is 0. The second-order valence-electron chi connectivity index (χ2n) is 12.1. The number of pyridine rings is 1. The lowest BCUT2D eigenvalue weighted by molar-refractivity contribution is 0.0870. The van der Waals surface area contributed by atoms with E-state index in [0.717, 1.165) is 16.9 Å². The van der Waals surface area contributed by atoms with Gasteiger partial charge < -0.3 is 13.6 Å². The molecule has 3 aromatic rings. The molecule has 5 rings (SSSR count). The Morgan fingerprint density at radius 3 is 2.47 bits per heavy atom. The van der Waals surface area contributed by atoms with E-state index in [-0.39, 0.29) is 35.8 Å². The molecule has 1 saturated heterocycles. The van der Waals surface area contributed by atoms with Gasteiger partial charge in [0.05, 0.1) is 24.4 Å². The molecule has 0 spiro atoms. The first-order valence-electron chi connectivity index (χ1n) is 13.2. The number of likely N-dealkylation sites (tertiary alicyclic amines) is 1. The quantitative estimate of drug-likeness (QED) is 0.341. The average molecular weight is 506 g/mol. The summed E-state index contributed by atoms with van der Waals surface area (Å²) in [6, 6.07) is 13.9. The number of benzene rings is 1. The van der Waals surface area contributed by atoms with Crippen LogP contribution in [0.5, 0.6) is 0 Å². The molecule has 6 nitrogen and oxygen atoms in total. The molecule has 0 N–H and O–H groups in total. The zero-order chi connectivity index (χ0) is 25.7. The molecule has 1 amide bonds. The van der Waals surface area contributed by atoms with Crippen LogP contribution in [0.4, 0.5) is 4.79 Å². The molecule has 3 atom stereocenters. The summed E-state index contributed by atoms with van der Waals surface area (Å²) in [6.07, 6.45) is 6.44. The first-order chi connectivity index (χ1) is 17.0. The Kier molecular flexibility index (Phi) is 6.49.